The van der Waals surface area contributed by atoms with Gasteiger partial charge in [-0.3, -0.25) is 9.08 Å². The molecule has 108 valence electrons. The molecule has 0 unspecified atom stereocenters. The van der Waals surface area contributed by atoms with E-state index in [9.17, 15) is 0 Å². The SMILES string of the molecule is Cn1ncc2c1CCC[C@@H]2c1nc(Br)c2c(Cl)nccn12. The zero-order valence-corrected chi connectivity index (χ0v) is 13.8. The third-order valence-corrected chi connectivity index (χ3v) is 5.01. The standard InChI is InChI=1S/C14H13BrClN5/c1-20-10-4-2-3-8(9(10)7-18-20)14-19-12(15)11-13(16)17-5-6-21(11)14/h5-8H,2-4H2,1H3/t8-/m0/s1. The van der Waals surface area contributed by atoms with Crippen LogP contribution in [0.5, 0.6) is 0 Å². The second-order valence-corrected chi connectivity index (χ2v) is 6.42. The topological polar surface area (TPSA) is 48.0 Å². The summed E-state index contributed by atoms with van der Waals surface area (Å²) in [5.41, 5.74) is 3.40. The van der Waals surface area contributed by atoms with Gasteiger partial charge in [-0.1, -0.05) is 11.6 Å². The lowest BCUT2D eigenvalue weighted by atomic mass is 9.86. The molecular weight excluding hydrogens is 354 g/mol. The Bertz CT molecular complexity index is 837. The average Bonchev–Trinajstić information content (AvgIpc) is 3.02. The minimum Gasteiger partial charge on any atom is -0.298 e. The van der Waals surface area contributed by atoms with E-state index in [4.69, 9.17) is 16.6 Å². The van der Waals surface area contributed by atoms with Crippen molar-refractivity contribution in [2.75, 3.05) is 0 Å². The number of hydrogen-bond donors (Lipinski definition) is 0. The van der Waals surface area contributed by atoms with Crippen molar-refractivity contribution in [3.63, 3.8) is 0 Å². The molecule has 0 saturated heterocycles. The molecule has 7 heteroatoms. The van der Waals surface area contributed by atoms with Crippen molar-refractivity contribution in [3.8, 4) is 0 Å². The predicted molar refractivity (Wildman–Crippen MR) is 83.7 cm³/mol. The Labute approximate surface area is 135 Å². The molecule has 1 atom stereocenters. The van der Waals surface area contributed by atoms with Gasteiger partial charge in [0.25, 0.3) is 0 Å². The highest BCUT2D eigenvalue weighted by atomic mass is 79.9. The van der Waals surface area contributed by atoms with Gasteiger partial charge in [0.1, 0.15) is 15.9 Å². The van der Waals surface area contributed by atoms with Crippen LogP contribution in [0.2, 0.25) is 5.15 Å². The maximum Gasteiger partial charge on any atom is 0.155 e. The van der Waals surface area contributed by atoms with Crippen molar-refractivity contribution in [2.24, 2.45) is 7.05 Å². The van der Waals surface area contributed by atoms with Gasteiger partial charge in [0.15, 0.2) is 5.15 Å². The zero-order valence-electron chi connectivity index (χ0n) is 11.4. The first-order chi connectivity index (χ1) is 10.2. The van der Waals surface area contributed by atoms with Crippen molar-refractivity contribution in [3.05, 3.63) is 45.4 Å². The van der Waals surface area contributed by atoms with Crippen molar-refractivity contribution < 1.29 is 0 Å². The first-order valence-electron chi connectivity index (χ1n) is 6.85. The van der Waals surface area contributed by atoms with Crippen LogP contribution in [-0.4, -0.2) is 24.1 Å². The van der Waals surface area contributed by atoms with E-state index in [1.54, 1.807) is 6.20 Å². The van der Waals surface area contributed by atoms with Crippen LogP contribution in [0, 0.1) is 0 Å². The van der Waals surface area contributed by atoms with E-state index >= 15 is 0 Å². The summed E-state index contributed by atoms with van der Waals surface area (Å²) in [4.78, 5) is 8.83. The summed E-state index contributed by atoms with van der Waals surface area (Å²) in [7, 11) is 2.00. The molecule has 3 aromatic heterocycles. The third-order valence-electron chi connectivity index (χ3n) is 4.18. The largest absolute Gasteiger partial charge is 0.298 e. The molecule has 3 heterocycles. The van der Waals surface area contributed by atoms with Crippen molar-refractivity contribution in [2.45, 2.75) is 25.2 Å². The molecular formula is C14H13BrClN5. The summed E-state index contributed by atoms with van der Waals surface area (Å²) in [6.07, 6.45) is 8.89. The number of nitrogens with zero attached hydrogens (tertiary/aromatic N) is 5. The van der Waals surface area contributed by atoms with Gasteiger partial charge in [-0.2, -0.15) is 5.10 Å². The first-order valence-corrected chi connectivity index (χ1v) is 8.02. The number of rotatable bonds is 1. The zero-order chi connectivity index (χ0) is 14.6. The summed E-state index contributed by atoms with van der Waals surface area (Å²) in [6, 6.07) is 0. The van der Waals surface area contributed by atoms with E-state index in [-0.39, 0.29) is 5.92 Å². The van der Waals surface area contributed by atoms with Crippen LogP contribution in [0.4, 0.5) is 0 Å². The fourth-order valence-electron chi connectivity index (χ4n) is 3.20. The number of halogens is 2. The van der Waals surface area contributed by atoms with Crippen LogP contribution in [0.25, 0.3) is 5.52 Å². The van der Waals surface area contributed by atoms with Crippen LogP contribution in [-0.2, 0) is 13.5 Å². The molecule has 21 heavy (non-hydrogen) atoms. The van der Waals surface area contributed by atoms with Crippen molar-refractivity contribution in [1.82, 2.24) is 24.1 Å². The number of fused-ring (bicyclic) bond motifs is 2. The minimum absolute atomic E-state index is 0.250. The molecule has 0 saturated carbocycles. The lowest BCUT2D eigenvalue weighted by Crippen LogP contribution is -2.14. The van der Waals surface area contributed by atoms with Crippen LogP contribution in [0.15, 0.2) is 23.2 Å². The Hall–Kier alpha value is -1.40. The maximum atomic E-state index is 6.20. The monoisotopic (exact) mass is 365 g/mol. The third kappa shape index (κ3) is 1.92. The molecule has 1 aliphatic rings. The van der Waals surface area contributed by atoms with Crippen LogP contribution in [0.3, 0.4) is 0 Å². The Kier molecular flexibility index (Phi) is 3.04. The first kappa shape index (κ1) is 13.3. The Morgan fingerprint density at radius 3 is 3.14 bits per heavy atom. The van der Waals surface area contributed by atoms with Gasteiger partial charge in [0, 0.05) is 36.6 Å². The molecule has 0 radical (unpaired) electrons. The lowest BCUT2D eigenvalue weighted by Gasteiger charge is -2.21. The summed E-state index contributed by atoms with van der Waals surface area (Å²) in [5, 5.41) is 4.87. The van der Waals surface area contributed by atoms with E-state index in [0.717, 1.165) is 35.2 Å². The van der Waals surface area contributed by atoms with Crippen LogP contribution >= 0.6 is 27.5 Å². The molecule has 1 aliphatic carbocycles. The number of hydrogen-bond acceptors (Lipinski definition) is 3. The van der Waals surface area contributed by atoms with Gasteiger partial charge in [0.2, 0.25) is 0 Å². The molecule has 0 aromatic carbocycles. The van der Waals surface area contributed by atoms with Crippen molar-refractivity contribution >= 4 is 33.0 Å². The summed E-state index contributed by atoms with van der Waals surface area (Å²) in [6.45, 7) is 0. The summed E-state index contributed by atoms with van der Waals surface area (Å²) < 4.78 is 4.75. The van der Waals surface area contributed by atoms with Crippen LogP contribution in [0.1, 0.15) is 35.8 Å². The van der Waals surface area contributed by atoms with E-state index in [1.807, 2.05) is 28.5 Å². The van der Waals surface area contributed by atoms with Gasteiger partial charge >= 0.3 is 0 Å². The van der Waals surface area contributed by atoms with Gasteiger partial charge in [-0.05, 0) is 35.2 Å². The number of imidazole rings is 1. The Balaban J connectivity index is 1.94. The smallest absolute Gasteiger partial charge is 0.155 e. The molecule has 0 fully saturated rings. The minimum atomic E-state index is 0.250. The van der Waals surface area contributed by atoms with E-state index in [0.29, 0.717) is 5.15 Å². The fraction of sp³-hybridized carbons (Fsp3) is 0.357. The van der Waals surface area contributed by atoms with Gasteiger partial charge in [-0.15, -0.1) is 0 Å². The lowest BCUT2D eigenvalue weighted by molar-refractivity contribution is 0.563. The molecule has 0 N–H and O–H groups in total. The maximum absolute atomic E-state index is 6.20. The highest BCUT2D eigenvalue weighted by Crippen LogP contribution is 2.38. The molecule has 5 nitrogen and oxygen atoms in total. The van der Waals surface area contributed by atoms with Crippen LogP contribution < -0.4 is 0 Å². The highest BCUT2D eigenvalue weighted by molar-refractivity contribution is 9.10. The van der Waals surface area contributed by atoms with E-state index in [1.165, 1.54) is 11.3 Å². The molecule has 0 spiro atoms. The van der Waals surface area contributed by atoms with Gasteiger partial charge < -0.3 is 0 Å². The molecule has 4 rings (SSSR count). The molecule has 0 bridgehead atoms. The summed E-state index contributed by atoms with van der Waals surface area (Å²) >= 11 is 9.70. The van der Waals surface area contributed by atoms with Crippen molar-refractivity contribution in [1.29, 1.82) is 0 Å². The fourth-order valence-corrected chi connectivity index (χ4v) is 4.12. The molecule has 3 aromatic rings. The number of aromatic nitrogens is 5. The molecule has 0 aliphatic heterocycles. The summed E-state index contributed by atoms with van der Waals surface area (Å²) in [5.74, 6) is 1.25. The van der Waals surface area contributed by atoms with E-state index < -0.39 is 0 Å². The van der Waals surface area contributed by atoms with Gasteiger partial charge in [-0.25, -0.2) is 9.97 Å². The quantitative estimate of drug-likeness (QED) is 0.663. The number of aryl methyl sites for hydroxylation is 1. The second-order valence-electron chi connectivity index (χ2n) is 5.31. The molecule has 0 amide bonds. The average molecular weight is 367 g/mol. The second kappa shape index (κ2) is 4.81. The predicted octanol–water partition coefficient (Wildman–Crippen LogP) is 3.35. The highest BCUT2D eigenvalue weighted by Gasteiger charge is 2.29. The van der Waals surface area contributed by atoms with E-state index in [2.05, 4.69) is 26.0 Å². The Morgan fingerprint density at radius 1 is 1.43 bits per heavy atom. The normalized spacial score (nSPS) is 18.1. The Morgan fingerprint density at radius 2 is 2.29 bits per heavy atom. The van der Waals surface area contributed by atoms with Gasteiger partial charge in [0.05, 0.1) is 6.20 Å².